The maximum absolute atomic E-state index is 13.6. The average molecular weight is 1190 g/mol. The third-order valence-electron chi connectivity index (χ3n) is 17.4. The number of unbranched alkanes of at least 4 members (excludes halogenated alkanes) is 25. The number of nitrogens with zero attached hydrogens (tertiary/aromatic N) is 2. The lowest BCUT2D eigenvalue weighted by Gasteiger charge is -2.37. The second kappa shape index (κ2) is 64.0. The molecule has 0 rings (SSSR count). The first-order chi connectivity index (χ1) is 41.1. The van der Waals surface area contributed by atoms with Gasteiger partial charge in [-0.2, -0.15) is 0 Å². The second-order valence-corrected chi connectivity index (χ2v) is 25.8. The SMILES string of the molecule is CCCCCCCC/C=C\CCCCCCCC[N+](C)(CCCC[N+](C)(CCCCCCCC/C=C\CCCCCCCC)CCCNC(=O)C(CCCNCCCN)NCCCN)CCCNC(=O)C(CCCNCCCN)NCCCN. The minimum Gasteiger partial charge on any atom is -0.355 e. The van der Waals surface area contributed by atoms with Gasteiger partial charge in [0.2, 0.25) is 11.8 Å². The van der Waals surface area contributed by atoms with Crippen molar-refractivity contribution in [2.75, 3.05) is 132 Å². The van der Waals surface area contributed by atoms with Crippen LogP contribution in [-0.4, -0.2) is 165 Å². The Morgan fingerprint density at radius 3 is 0.905 bits per heavy atom. The Hall–Kier alpha value is -1.98. The molecule has 4 unspecified atom stereocenters. The summed E-state index contributed by atoms with van der Waals surface area (Å²) in [5, 5.41) is 20.6. The first-order valence-electron chi connectivity index (χ1n) is 36.3. The Balaban J connectivity index is 5.69. The van der Waals surface area contributed by atoms with Gasteiger partial charge in [0.1, 0.15) is 0 Å². The van der Waals surface area contributed by atoms with E-state index in [2.05, 4.69) is 84.1 Å². The summed E-state index contributed by atoms with van der Waals surface area (Å²) in [6, 6.07) is -0.388. The molecule has 14 nitrogen and oxygen atoms in total. The van der Waals surface area contributed by atoms with E-state index in [4.69, 9.17) is 22.9 Å². The summed E-state index contributed by atoms with van der Waals surface area (Å²) in [4.78, 5) is 27.2. The molecule has 0 aliphatic heterocycles. The van der Waals surface area contributed by atoms with Crippen molar-refractivity contribution in [3.05, 3.63) is 24.3 Å². The lowest BCUT2D eigenvalue weighted by Crippen LogP contribution is -2.50. The molecular formula is C70H148N12O2+2. The molecule has 2 amide bonds. The van der Waals surface area contributed by atoms with Crippen molar-refractivity contribution >= 4 is 11.8 Å². The molecule has 0 bridgehead atoms. The number of amides is 2. The number of quaternary nitrogens is 2. The second-order valence-electron chi connectivity index (χ2n) is 25.8. The Bertz CT molecular complexity index is 1340. The molecular weight excluding hydrogens is 1040 g/mol. The highest BCUT2D eigenvalue weighted by Gasteiger charge is 2.25. The summed E-state index contributed by atoms with van der Waals surface area (Å²) in [7, 11) is 4.99. The molecule has 0 spiro atoms. The van der Waals surface area contributed by atoms with Crippen LogP contribution in [0.2, 0.25) is 0 Å². The molecule has 0 aromatic rings. The van der Waals surface area contributed by atoms with Crippen molar-refractivity contribution in [1.82, 2.24) is 31.9 Å². The van der Waals surface area contributed by atoms with Gasteiger partial charge in [-0.25, -0.2) is 0 Å². The highest BCUT2D eigenvalue weighted by Crippen LogP contribution is 2.18. The lowest BCUT2D eigenvalue weighted by molar-refractivity contribution is -0.916. The van der Waals surface area contributed by atoms with E-state index in [0.29, 0.717) is 39.3 Å². The van der Waals surface area contributed by atoms with Gasteiger partial charge in [0.15, 0.2) is 0 Å². The molecule has 0 aliphatic carbocycles. The van der Waals surface area contributed by atoms with Crippen molar-refractivity contribution in [2.45, 2.75) is 283 Å². The number of carbonyl (C=O) groups is 2. The van der Waals surface area contributed by atoms with Gasteiger partial charge in [-0.15, -0.1) is 0 Å². The van der Waals surface area contributed by atoms with E-state index in [1.54, 1.807) is 0 Å². The van der Waals surface area contributed by atoms with Crippen LogP contribution in [0.25, 0.3) is 0 Å². The van der Waals surface area contributed by atoms with Crippen molar-refractivity contribution in [3.8, 4) is 0 Å². The minimum absolute atomic E-state index is 0.121. The van der Waals surface area contributed by atoms with Crippen LogP contribution >= 0.6 is 0 Å². The van der Waals surface area contributed by atoms with Gasteiger partial charge in [0.25, 0.3) is 0 Å². The van der Waals surface area contributed by atoms with Crippen molar-refractivity contribution in [3.63, 3.8) is 0 Å². The number of hydrogen-bond donors (Lipinski definition) is 10. The number of carbonyl (C=O) groups excluding carboxylic acids is 2. The Labute approximate surface area is 521 Å². The zero-order valence-corrected chi connectivity index (χ0v) is 56.5. The summed E-state index contributed by atoms with van der Waals surface area (Å²) >= 11 is 0. The number of rotatable bonds is 69. The molecule has 0 saturated heterocycles. The highest BCUT2D eigenvalue weighted by molar-refractivity contribution is 5.82. The van der Waals surface area contributed by atoms with Crippen LogP contribution in [0.5, 0.6) is 0 Å². The molecule has 0 aromatic carbocycles. The van der Waals surface area contributed by atoms with E-state index < -0.39 is 0 Å². The Morgan fingerprint density at radius 1 is 0.321 bits per heavy atom. The third-order valence-corrected chi connectivity index (χ3v) is 17.4. The maximum Gasteiger partial charge on any atom is 0.237 e. The number of nitrogens with one attached hydrogen (secondary N) is 6. The standard InChI is InChI=1S/C70H146N12O2/c1-5-7-9-11-13-15-17-19-21-23-25-27-29-31-33-35-61-81(3,65-45-59-79-69(83)67(77-57-43-51-73)47-39-53-75-55-41-49-71)63-37-38-64-82(4,62-36-34-32-30-28-26-24-22-20-18-16-14-12-10-8-6-2)66-46-60-80-70(84)68(78-58-44-52-74)48-40-54-76-56-42-50-72/h19-22,67-68,75-78H,5-18,23-66,71-74H2,1-4H3/p+2/b21-19-,22-20-. The van der Waals surface area contributed by atoms with Gasteiger partial charge in [-0.05, 0) is 194 Å². The predicted octanol–water partition coefficient (Wildman–Crippen LogP) is 11.8. The highest BCUT2D eigenvalue weighted by atomic mass is 16.2. The van der Waals surface area contributed by atoms with Crippen molar-refractivity contribution in [1.29, 1.82) is 0 Å². The average Bonchev–Trinajstić information content (AvgIpc) is 3.64. The molecule has 0 saturated carbocycles. The molecule has 84 heavy (non-hydrogen) atoms. The molecule has 0 fully saturated rings. The smallest absolute Gasteiger partial charge is 0.237 e. The minimum atomic E-state index is -0.194. The van der Waals surface area contributed by atoms with Crippen LogP contribution in [0.4, 0.5) is 0 Å². The van der Waals surface area contributed by atoms with Gasteiger partial charge in [-0.1, -0.05) is 141 Å². The Kier molecular flexibility index (Phi) is 62.5. The van der Waals surface area contributed by atoms with Gasteiger partial charge in [-0.3, -0.25) is 9.59 Å². The summed E-state index contributed by atoms with van der Waals surface area (Å²) < 4.78 is 2.14. The Morgan fingerprint density at radius 2 is 0.583 bits per heavy atom. The van der Waals surface area contributed by atoms with Gasteiger partial charge >= 0.3 is 0 Å². The normalized spacial score (nSPS) is 14.1. The number of hydrogen-bond acceptors (Lipinski definition) is 10. The molecule has 0 heterocycles. The molecule has 14 N–H and O–H groups in total. The van der Waals surface area contributed by atoms with Gasteiger partial charge < -0.3 is 63.8 Å². The third kappa shape index (κ3) is 55.3. The van der Waals surface area contributed by atoms with Gasteiger partial charge in [0, 0.05) is 38.8 Å². The summed E-state index contributed by atoms with van der Waals surface area (Å²) in [5.74, 6) is 0.243. The first kappa shape index (κ1) is 82.0. The predicted molar refractivity (Wildman–Crippen MR) is 367 cm³/mol. The van der Waals surface area contributed by atoms with E-state index in [1.165, 1.54) is 219 Å². The van der Waals surface area contributed by atoms with E-state index >= 15 is 0 Å². The molecule has 4 atom stereocenters. The zero-order chi connectivity index (χ0) is 61.4. The number of allylic oxidation sites excluding steroid dienone is 4. The first-order valence-corrected chi connectivity index (χ1v) is 36.3. The quantitative estimate of drug-likeness (QED) is 0.0158. The van der Waals surface area contributed by atoms with Crippen molar-refractivity contribution in [2.24, 2.45) is 22.9 Å². The maximum atomic E-state index is 13.6. The monoisotopic (exact) mass is 1190 g/mol. The molecule has 498 valence electrons. The van der Waals surface area contributed by atoms with Gasteiger partial charge in [0.05, 0.1) is 65.4 Å². The molecule has 0 aliphatic rings. The molecule has 0 aromatic heterocycles. The topological polar surface area (TPSA) is 210 Å². The summed E-state index contributed by atoms with van der Waals surface area (Å²) in [6.07, 6.45) is 58.5. The fraction of sp³-hybridized carbons (Fsp3) is 0.914. The van der Waals surface area contributed by atoms with E-state index in [-0.39, 0.29) is 23.9 Å². The lowest BCUT2D eigenvalue weighted by atomic mass is 10.1. The van der Waals surface area contributed by atoms with Crippen LogP contribution in [0, 0.1) is 0 Å². The van der Waals surface area contributed by atoms with Crippen LogP contribution in [0.15, 0.2) is 24.3 Å². The van der Waals surface area contributed by atoms with E-state index in [9.17, 15) is 9.59 Å². The van der Waals surface area contributed by atoms with Crippen LogP contribution in [0.3, 0.4) is 0 Å². The van der Waals surface area contributed by atoms with Crippen LogP contribution in [-0.2, 0) is 9.59 Å². The fourth-order valence-electron chi connectivity index (χ4n) is 11.7. The fourth-order valence-corrected chi connectivity index (χ4v) is 11.7. The zero-order valence-electron chi connectivity index (χ0n) is 56.5. The van der Waals surface area contributed by atoms with Crippen molar-refractivity contribution < 1.29 is 18.6 Å². The van der Waals surface area contributed by atoms with E-state index in [1.807, 2.05) is 0 Å². The largest absolute Gasteiger partial charge is 0.355 e. The van der Waals surface area contributed by atoms with Crippen LogP contribution < -0.4 is 54.8 Å². The molecule has 14 heteroatoms. The molecule has 0 radical (unpaired) electrons. The number of nitrogens with two attached hydrogens (primary N) is 4. The van der Waals surface area contributed by atoms with E-state index in [0.717, 1.165) is 126 Å². The summed E-state index contributed by atoms with van der Waals surface area (Å²) in [6.45, 7) is 20.7. The van der Waals surface area contributed by atoms with Crippen LogP contribution in [0.1, 0.15) is 271 Å². The summed E-state index contributed by atoms with van der Waals surface area (Å²) in [5.41, 5.74) is 23.0.